The molecule has 1 N–H and O–H groups in total. The number of rotatable bonds is 6. The highest BCUT2D eigenvalue weighted by Crippen LogP contribution is 2.18. The summed E-state index contributed by atoms with van der Waals surface area (Å²) in [7, 11) is 3.67. The molecule has 0 saturated carbocycles. The van der Waals surface area contributed by atoms with E-state index < -0.39 is 0 Å². The molecule has 1 aromatic heterocycles. The standard InChI is InChI=1S/C20H22N2O2/c1-22-12-11-16-13-15(7-9-18(16)22)8-10-20(23)21-14-17-5-3-4-6-19(17)24-2/h3-7,9,11-13H,8,10,14H2,1-2H3,(H,21,23). The molecule has 4 heteroatoms. The molecule has 0 bridgehead atoms. The van der Waals surface area contributed by atoms with Crippen LogP contribution < -0.4 is 10.1 Å². The third-order valence-electron chi connectivity index (χ3n) is 4.26. The van der Waals surface area contributed by atoms with Crippen molar-refractivity contribution in [3.63, 3.8) is 0 Å². The van der Waals surface area contributed by atoms with Crippen molar-refractivity contribution in [2.45, 2.75) is 19.4 Å². The van der Waals surface area contributed by atoms with Crippen molar-refractivity contribution in [2.75, 3.05) is 7.11 Å². The predicted octanol–water partition coefficient (Wildman–Crippen LogP) is 3.44. The van der Waals surface area contributed by atoms with Crippen LogP contribution in [0.1, 0.15) is 17.5 Å². The van der Waals surface area contributed by atoms with E-state index in [0.29, 0.717) is 13.0 Å². The number of amides is 1. The summed E-state index contributed by atoms with van der Waals surface area (Å²) in [5.41, 5.74) is 3.37. The highest BCUT2D eigenvalue weighted by Gasteiger charge is 2.06. The van der Waals surface area contributed by atoms with Crippen molar-refractivity contribution >= 4 is 16.8 Å². The van der Waals surface area contributed by atoms with Crippen LogP contribution in [0.4, 0.5) is 0 Å². The summed E-state index contributed by atoms with van der Waals surface area (Å²) in [5, 5.41) is 4.17. The van der Waals surface area contributed by atoms with Crippen LogP contribution in [0.5, 0.6) is 5.75 Å². The summed E-state index contributed by atoms with van der Waals surface area (Å²) >= 11 is 0. The zero-order chi connectivity index (χ0) is 16.9. The Bertz CT molecular complexity index is 852. The number of aromatic nitrogens is 1. The Labute approximate surface area is 142 Å². The predicted molar refractivity (Wildman–Crippen MR) is 96.1 cm³/mol. The second-order valence-electron chi connectivity index (χ2n) is 5.91. The van der Waals surface area contributed by atoms with Crippen LogP contribution in [-0.2, 0) is 24.8 Å². The molecule has 0 aliphatic rings. The van der Waals surface area contributed by atoms with E-state index in [2.05, 4.69) is 40.3 Å². The largest absolute Gasteiger partial charge is 0.496 e. The molecule has 0 aliphatic heterocycles. The third-order valence-corrected chi connectivity index (χ3v) is 4.26. The highest BCUT2D eigenvalue weighted by atomic mass is 16.5. The molecule has 124 valence electrons. The minimum Gasteiger partial charge on any atom is -0.496 e. The van der Waals surface area contributed by atoms with Gasteiger partial charge in [0.15, 0.2) is 0 Å². The smallest absolute Gasteiger partial charge is 0.220 e. The number of hydrogen-bond donors (Lipinski definition) is 1. The number of nitrogens with one attached hydrogen (secondary N) is 1. The van der Waals surface area contributed by atoms with E-state index in [1.807, 2.05) is 31.3 Å². The lowest BCUT2D eigenvalue weighted by molar-refractivity contribution is -0.121. The topological polar surface area (TPSA) is 43.3 Å². The number of para-hydroxylation sites is 1. The van der Waals surface area contributed by atoms with E-state index in [1.165, 1.54) is 16.5 Å². The molecule has 24 heavy (non-hydrogen) atoms. The van der Waals surface area contributed by atoms with E-state index in [9.17, 15) is 4.79 Å². The van der Waals surface area contributed by atoms with Crippen molar-refractivity contribution in [3.8, 4) is 5.75 Å². The van der Waals surface area contributed by atoms with Gasteiger partial charge in [-0.05, 0) is 41.6 Å². The first kappa shape index (κ1) is 16.1. The number of hydrogen-bond acceptors (Lipinski definition) is 2. The van der Waals surface area contributed by atoms with Gasteiger partial charge < -0.3 is 14.6 Å². The normalized spacial score (nSPS) is 10.8. The van der Waals surface area contributed by atoms with Crippen LogP contribution in [-0.4, -0.2) is 17.6 Å². The first-order valence-corrected chi connectivity index (χ1v) is 8.10. The molecule has 1 amide bonds. The van der Waals surface area contributed by atoms with Gasteiger partial charge in [0.05, 0.1) is 7.11 Å². The quantitative estimate of drug-likeness (QED) is 0.755. The number of ether oxygens (including phenoxy) is 1. The molecule has 3 aromatic rings. The number of carbonyl (C=O) groups excluding carboxylic acids is 1. The molecule has 0 saturated heterocycles. The summed E-state index contributed by atoms with van der Waals surface area (Å²) in [6.07, 6.45) is 3.27. The number of nitrogens with zero attached hydrogens (tertiary/aromatic N) is 1. The molecule has 2 aromatic carbocycles. The van der Waals surface area contributed by atoms with E-state index in [0.717, 1.165) is 17.7 Å². The Morgan fingerprint density at radius 3 is 2.83 bits per heavy atom. The van der Waals surface area contributed by atoms with Gasteiger partial charge in [-0.25, -0.2) is 0 Å². The van der Waals surface area contributed by atoms with Crippen LogP contribution in [0, 0.1) is 0 Å². The van der Waals surface area contributed by atoms with Gasteiger partial charge in [0.2, 0.25) is 5.91 Å². The maximum Gasteiger partial charge on any atom is 0.220 e. The van der Waals surface area contributed by atoms with Gasteiger partial charge in [-0.15, -0.1) is 0 Å². The maximum atomic E-state index is 12.1. The first-order valence-electron chi connectivity index (χ1n) is 8.10. The lowest BCUT2D eigenvalue weighted by Gasteiger charge is -2.09. The molecule has 0 spiro atoms. The summed E-state index contributed by atoms with van der Waals surface area (Å²) in [6.45, 7) is 0.487. The number of fused-ring (bicyclic) bond motifs is 1. The molecular formula is C20H22N2O2. The van der Waals surface area contributed by atoms with E-state index in [1.54, 1.807) is 7.11 Å². The number of methoxy groups -OCH3 is 1. The van der Waals surface area contributed by atoms with Crippen molar-refractivity contribution in [3.05, 3.63) is 65.9 Å². The second-order valence-corrected chi connectivity index (χ2v) is 5.91. The third kappa shape index (κ3) is 3.59. The zero-order valence-corrected chi connectivity index (χ0v) is 14.1. The van der Waals surface area contributed by atoms with Crippen molar-refractivity contribution in [1.29, 1.82) is 0 Å². The fraction of sp³-hybridized carbons (Fsp3) is 0.250. The van der Waals surface area contributed by atoms with Gasteiger partial charge in [0.1, 0.15) is 5.75 Å². The summed E-state index contributed by atoms with van der Waals surface area (Å²) in [5.74, 6) is 0.849. The van der Waals surface area contributed by atoms with Crippen LogP contribution in [0.15, 0.2) is 54.7 Å². The Balaban J connectivity index is 1.54. The van der Waals surface area contributed by atoms with Gasteiger partial charge >= 0.3 is 0 Å². The molecule has 3 rings (SSSR count). The monoisotopic (exact) mass is 322 g/mol. The zero-order valence-electron chi connectivity index (χ0n) is 14.1. The van der Waals surface area contributed by atoms with E-state index in [-0.39, 0.29) is 5.91 Å². The Morgan fingerprint density at radius 1 is 1.17 bits per heavy atom. The molecule has 0 unspecified atom stereocenters. The van der Waals surface area contributed by atoms with Crippen molar-refractivity contribution in [2.24, 2.45) is 7.05 Å². The summed E-state index contributed by atoms with van der Waals surface area (Å²) in [4.78, 5) is 12.1. The van der Waals surface area contributed by atoms with Crippen molar-refractivity contribution in [1.82, 2.24) is 9.88 Å². The molecule has 0 atom stereocenters. The Hall–Kier alpha value is -2.75. The van der Waals surface area contributed by atoms with E-state index >= 15 is 0 Å². The lowest BCUT2D eigenvalue weighted by atomic mass is 10.1. The average Bonchev–Trinajstić information content (AvgIpc) is 2.99. The Morgan fingerprint density at radius 2 is 2.00 bits per heavy atom. The van der Waals surface area contributed by atoms with Gasteiger partial charge in [0, 0.05) is 37.3 Å². The number of aryl methyl sites for hydroxylation is 2. The van der Waals surface area contributed by atoms with Crippen molar-refractivity contribution < 1.29 is 9.53 Å². The van der Waals surface area contributed by atoms with E-state index in [4.69, 9.17) is 4.74 Å². The second kappa shape index (κ2) is 7.21. The number of carbonyl (C=O) groups is 1. The molecule has 1 heterocycles. The van der Waals surface area contributed by atoms with Crippen LogP contribution in [0.2, 0.25) is 0 Å². The molecule has 0 fully saturated rings. The average molecular weight is 322 g/mol. The molecule has 4 nitrogen and oxygen atoms in total. The fourth-order valence-corrected chi connectivity index (χ4v) is 2.88. The lowest BCUT2D eigenvalue weighted by Crippen LogP contribution is -2.23. The first-order chi connectivity index (χ1) is 11.7. The van der Waals surface area contributed by atoms with Crippen LogP contribution in [0.3, 0.4) is 0 Å². The van der Waals surface area contributed by atoms with Crippen LogP contribution in [0.25, 0.3) is 10.9 Å². The molecule has 0 radical (unpaired) electrons. The number of benzene rings is 2. The minimum absolute atomic E-state index is 0.0501. The molecule has 0 aliphatic carbocycles. The van der Waals surface area contributed by atoms with Gasteiger partial charge in [-0.3, -0.25) is 4.79 Å². The van der Waals surface area contributed by atoms with Crippen LogP contribution >= 0.6 is 0 Å². The fourth-order valence-electron chi connectivity index (χ4n) is 2.88. The maximum absolute atomic E-state index is 12.1. The Kier molecular flexibility index (Phi) is 4.85. The minimum atomic E-state index is 0.0501. The van der Waals surface area contributed by atoms with Gasteiger partial charge in [-0.2, -0.15) is 0 Å². The van der Waals surface area contributed by atoms with Gasteiger partial charge in [0.25, 0.3) is 0 Å². The summed E-state index contributed by atoms with van der Waals surface area (Å²) < 4.78 is 7.39. The molecular weight excluding hydrogens is 300 g/mol. The summed E-state index contributed by atoms with van der Waals surface area (Å²) in [6, 6.07) is 16.2. The van der Waals surface area contributed by atoms with Gasteiger partial charge in [-0.1, -0.05) is 24.3 Å². The highest BCUT2D eigenvalue weighted by molar-refractivity contribution is 5.81. The SMILES string of the molecule is COc1ccccc1CNC(=O)CCc1ccc2c(ccn2C)c1.